The van der Waals surface area contributed by atoms with Crippen molar-refractivity contribution in [1.29, 1.82) is 0 Å². The summed E-state index contributed by atoms with van der Waals surface area (Å²) in [5, 5.41) is 3.22. The summed E-state index contributed by atoms with van der Waals surface area (Å²) in [5.74, 6) is 0. The van der Waals surface area contributed by atoms with Gasteiger partial charge in [-0.05, 0) is 48.8 Å². The molecule has 5 nitrogen and oxygen atoms in total. The smallest absolute Gasteiger partial charge is 0.240 e. The number of fused-ring (bicyclic) bond motifs is 1. The molecule has 0 bridgehead atoms. The first-order valence-corrected chi connectivity index (χ1v) is 8.88. The first-order valence-electron chi connectivity index (χ1n) is 7.40. The van der Waals surface area contributed by atoms with Crippen LogP contribution in [-0.4, -0.2) is 35.2 Å². The quantitative estimate of drug-likeness (QED) is 0.805. The molecule has 1 saturated carbocycles. The standard InChI is InChI=1S/C15H22N2O3S/c1-20-9-7-15(5-6-15)11-17-21(18,19)13-3-2-12-4-8-16-14(12)10-13/h2-3,10,16-17H,4-9,11H2,1H3. The van der Waals surface area contributed by atoms with Crippen LogP contribution >= 0.6 is 0 Å². The highest BCUT2D eigenvalue weighted by Gasteiger charge is 2.42. The van der Waals surface area contributed by atoms with E-state index in [-0.39, 0.29) is 5.41 Å². The van der Waals surface area contributed by atoms with E-state index in [0.29, 0.717) is 18.0 Å². The summed E-state index contributed by atoms with van der Waals surface area (Å²) in [5.41, 5.74) is 2.24. The maximum absolute atomic E-state index is 12.4. The summed E-state index contributed by atoms with van der Waals surface area (Å²) < 4.78 is 32.7. The summed E-state index contributed by atoms with van der Waals surface area (Å²) in [6, 6.07) is 5.34. The molecule has 1 aromatic rings. The van der Waals surface area contributed by atoms with E-state index in [2.05, 4.69) is 10.0 Å². The maximum Gasteiger partial charge on any atom is 0.240 e. The summed E-state index contributed by atoms with van der Waals surface area (Å²) in [4.78, 5) is 0.346. The van der Waals surface area contributed by atoms with Gasteiger partial charge in [-0.1, -0.05) is 6.07 Å². The molecule has 0 saturated heterocycles. The highest BCUT2D eigenvalue weighted by Crippen LogP contribution is 2.48. The molecule has 0 radical (unpaired) electrons. The highest BCUT2D eigenvalue weighted by atomic mass is 32.2. The van der Waals surface area contributed by atoms with E-state index in [0.717, 1.165) is 37.9 Å². The van der Waals surface area contributed by atoms with Crippen molar-refractivity contribution < 1.29 is 13.2 Å². The predicted octanol–water partition coefficient (Wildman–Crippen LogP) is 1.75. The van der Waals surface area contributed by atoms with Gasteiger partial charge in [-0.3, -0.25) is 0 Å². The fraction of sp³-hybridized carbons (Fsp3) is 0.600. The maximum atomic E-state index is 12.4. The van der Waals surface area contributed by atoms with Gasteiger partial charge < -0.3 is 10.1 Å². The Labute approximate surface area is 126 Å². The first-order chi connectivity index (χ1) is 10.0. The zero-order chi connectivity index (χ0) is 14.9. The van der Waals surface area contributed by atoms with Gasteiger partial charge in [-0.2, -0.15) is 0 Å². The van der Waals surface area contributed by atoms with Crippen LogP contribution in [0.5, 0.6) is 0 Å². The van der Waals surface area contributed by atoms with E-state index < -0.39 is 10.0 Å². The Balaban J connectivity index is 1.67. The molecule has 1 aromatic carbocycles. The summed E-state index contributed by atoms with van der Waals surface area (Å²) in [7, 11) is -1.75. The fourth-order valence-electron chi connectivity index (χ4n) is 2.78. The van der Waals surface area contributed by atoms with Crippen LogP contribution in [0.15, 0.2) is 23.1 Å². The third-order valence-electron chi connectivity index (χ3n) is 4.53. The molecule has 1 heterocycles. The van der Waals surface area contributed by atoms with Crippen molar-refractivity contribution in [1.82, 2.24) is 4.72 Å². The predicted molar refractivity (Wildman–Crippen MR) is 82.0 cm³/mol. The molecule has 1 fully saturated rings. The lowest BCUT2D eigenvalue weighted by molar-refractivity contribution is 0.173. The number of nitrogens with one attached hydrogen (secondary N) is 2. The summed E-state index contributed by atoms with van der Waals surface area (Å²) >= 11 is 0. The molecule has 0 aromatic heterocycles. The fourth-order valence-corrected chi connectivity index (χ4v) is 3.96. The second-order valence-electron chi connectivity index (χ2n) is 6.06. The molecule has 21 heavy (non-hydrogen) atoms. The second-order valence-corrected chi connectivity index (χ2v) is 7.83. The van der Waals surface area contributed by atoms with Crippen molar-refractivity contribution in [3.8, 4) is 0 Å². The number of sulfonamides is 1. The molecule has 3 rings (SSSR count). The van der Waals surface area contributed by atoms with Crippen LogP contribution in [0.4, 0.5) is 5.69 Å². The molecule has 116 valence electrons. The van der Waals surface area contributed by atoms with Gasteiger partial charge in [-0.15, -0.1) is 0 Å². The summed E-state index contributed by atoms with van der Waals surface area (Å²) in [6.07, 6.45) is 4.02. The van der Waals surface area contributed by atoms with E-state index in [1.54, 1.807) is 19.2 Å². The van der Waals surface area contributed by atoms with Crippen molar-refractivity contribution >= 4 is 15.7 Å². The van der Waals surface area contributed by atoms with Gasteiger partial charge >= 0.3 is 0 Å². The van der Waals surface area contributed by atoms with Crippen LogP contribution in [0.2, 0.25) is 0 Å². The normalized spacial score (nSPS) is 19.1. The van der Waals surface area contributed by atoms with Crippen LogP contribution in [0.25, 0.3) is 0 Å². The van der Waals surface area contributed by atoms with Crippen molar-refractivity contribution in [2.75, 3.05) is 32.1 Å². The molecule has 0 spiro atoms. The molecule has 0 amide bonds. The minimum Gasteiger partial charge on any atom is -0.385 e. The Morgan fingerprint density at radius 3 is 2.90 bits per heavy atom. The number of anilines is 1. The van der Waals surface area contributed by atoms with E-state index in [1.807, 2.05) is 6.07 Å². The second kappa shape index (κ2) is 5.59. The highest BCUT2D eigenvalue weighted by molar-refractivity contribution is 7.89. The Morgan fingerprint density at radius 1 is 1.38 bits per heavy atom. The van der Waals surface area contributed by atoms with E-state index in [9.17, 15) is 8.42 Å². The minimum absolute atomic E-state index is 0.109. The number of methoxy groups -OCH3 is 1. The molecule has 6 heteroatoms. The average molecular weight is 310 g/mol. The zero-order valence-electron chi connectivity index (χ0n) is 12.3. The first kappa shape index (κ1) is 14.8. The lowest BCUT2D eigenvalue weighted by Crippen LogP contribution is -2.31. The van der Waals surface area contributed by atoms with Gasteiger partial charge in [0, 0.05) is 32.5 Å². The lowest BCUT2D eigenvalue weighted by atomic mass is 10.0. The van der Waals surface area contributed by atoms with Crippen molar-refractivity contribution in [2.45, 2.75) is 30.6 Å². The van der Waals surface area contributed by atoms with Gasteiger partial charge in [0.15, 0.2) is 0 Å². The molecule has 2 aliphatic rings. The molecule has 0 atom stereocenters. The van der Waals surface area contributed by atoms with E-state index in [1.165, 1.54) is 5.56 Å². The number of ether oxygens (including phenoxy) is 1. The molecule has 1 aliphatic heterocycles. The van der Waals surface area contributed by atoms with Gasteiger partial charge in [0.25, 0.3) is 0 Å². The topological polar surface area (TPSA) is 67.4 Å². The third-order valence-corrected chi connectivity index (χ3v) is 5.93. The SMILES string of the molecule is COCCC1(CNS(=O)(=O)c2ccc3c(c2)NCC3)CC1. The number of hydrogen-bond donors (Lipinski definition) is 2. The van der Waals surface area contributed by atoms with Crippen LogP contribution in [-0.2, 0) is 21.2 Å². The number of rotatable bonds is 7. The van der Waals surface area contributed by atoms with Gasteiger partial charge in [0.05, 0.1) is 4.90 Å². The average Bonchev–Trinajstić information content (AvgIpc) is 3.09. The van der Waals surface area contributed by atoms with Gasteiger partial charge in [0.1, 0.15) is 0 Å². The van der Waals surface area contributed by atoms with Gasteiger partial charge in [-0.25, -0.2) is 13.1 Å². The number of benzene rings is 1. The van der Waals surface area contributed by atoms with Crippen molar-refractivity contribution in [2.24, 2.45) is 5.41 Å². The van der Waals surface area contributed by atoms with E-state index >= 15 is 0 Å². The Kier molecular flexibility index (Phi) is 3.94. The van der Waals surface area contributed by atoms with Crippen LogP contribution in [0, 0.1) is 5.41 Å². The summed E-state index contributed by atoms with van der Waals surface area (Å²) in [6.45, 7) is 2.07. The Bertz CT molecular complexity index is 624. The lowest BCUT2D eigenvalue weighted by Gasteiger charge is -2.16. The minimum atomic E-state index is -3.43. The molecule has 2 N–H and O–H groups in total. The Morgan fingerprint density at radius 2 is 2.19 bits per heavy atom. The third kappa shape index (κ3) is 3.22. The molecule has 1 aliphatic carbocycles. The largest absolute Gasteiger partial charge is 0.385 e. The molecule has 0 unspecified atom stereocenters. The Hall–Kier alpha value is -1.11. The zero-order valence-corrected chi connectivity index (χ0v) is 13.1. The van der Waals surface area contributed by atoms with Crippen molar-refractivity contribution in [3.05, 3.63) is 23.8 Å². The molecular weight excluding hydrogens is 288 g/mol. The van der Waals surface area contributed by atoms with Crippen molar-refractivity contribution in [3.63, 3.8) is 0 Å². The molecular formula is C15H22N2O3S. The monoisotopic (exact) mass is 310 g/mol. The van der Waals surface area contributed by atoms with Gasteiger partial charge in [0.2, 0.25) is 10.0 Å². The number of hydrogen-bond acceptors (Lipinski definition) is 4. The van der Waals surface area contributed by atoms with Crippen LogP contribution in [0.3, 0.4) is 0 Å². The van der Waals surface area contributed by atoms with Crippen LogP contribution in [0.1, 0.15) is 24.8 Å². The van der Waals surface area contributed by atoms with E-state index in [4.69, 9.17) is 4.74 Å². The van der Waals surface area contributed by atoms with Crippen LogP contribution < -0.4 is 10.0 Å².